The largest absolute Gasteiger partial charge is 0.396 e. The van der Waals surface area contributed by atoms with Crippen molar-refractivity contribution in [3.63, 3.8) is 0 Å². The molecule has 1 atom stereocenters. The average Bonchev–Trinajstić information content (AvgIpc) is 2.17. The van der Waals surface area contributed by atoms with E-state index < -0.39 is 6.10 Å². The highest BCUT2D eigenvalue weighted by molar-refractivity contribution is 4.51. The second-order valence-electron chi connectivity index (χ2n) is 3.21. The predicted molar refractivity (Wildman–Crippen MR) is 54.3 cm³/mol. The highest BCUT2D eigenvalue weighted by Crippen LogP contribution is 1.92. The minimum atomic E-state index is -0.560. The van der Waals surface area contributed by atoms with Gasteiger partial charge in [0, 0.05) is 13.2 Å². The van der Waals surface area contributed by atoms with Gasteiger partial charge in [-0.05, 0) is 12.8 Å². The first kappa shape index (κ1) is 13.8. The zero-order valence-electron chi connectivity index (χ0n) is 8.95. The van der Waals surface area contributed by atoms with E-state index in [-0.39, 0.29) is 13.2 Å². The standard InChI is InChI=1S/C10H22O4/c1-2-3-6-13-7-8-14-9-10(12)4-5-11/h10-12H,2-9H2,1H3. The van der Waals surface area contributed by atoms with E-state index in [2.05, 4.69) is 6.92 Å². The summed E-state index contributed by atoms with van der Waals surface area (Å²) >= 11 is 0. The Hall–Kier alpha value is -0.160. The maximum Gasteiger partial charge on any atom is 0.0795 e. The first-order chi connectivity index (χ1) is 6.81. The normalized spacial score (nSPS) is 13.1. The minimum absolute atomic E-state index is 0.00245. The smallest absolute Gasteiger partial charge is 0.0795 e. The zero-order valence-corrected chi connectivity index (χ0v) is 8.95. The first-order valence-electron chi connectivity index (χ1n) is 5.25. The van der Waals surface area contributed by atoms with Gasteiger partial charge in [-0.15, -0.1) is 0 Å². The summed E-state index contributed by atoms with van der Waals surface area (Å²) in [4.78, 5) is 0. The van der Waals surface area contributed by atoms with Crippen LogP contribution in [0.2, 0.25) is 0 Å². The summed E-state index contributed by atoms with van der Waals surface area (Å²) in [5.74, 6) is 0. The molecule has 0 amide bonds. The molecule has 0 saturated carbocycles. The van der Waals surface area contributed by atoms with Gasteiger partial charge in [0.2, 0.25) is 0 Å². The Morgan fingerprint density at radius 2 is 1.86 bits per heavy atom. The molecule has 0 rings (SSSR count). The lowest BCUT2D eigenvalue weighted by Gasteiger charge is -2.09. The molecule has 0 aromatic heterocycles. The van der Waals surface area contributed by atoms with Gasteiger partial charge in [-0.3, -0.25) is 0 Å². The van der Waals surface area contributed by atoms with E-state index in [0.717, 1.165) is 19.4 Å². The molecule has 0 bridgehead atoms. The van der Waals surface area contributed by atoms with Gasteiger partial charge in [-0.2, -0.15) is 0 Å². The molecule has 86 valence electrons. The Balaban J connectivity index is 2.98. The summed E-state index contributed by atoms with van der Waals surface area (Å²) in [5, 5.41) is 17.7. The maximum atomic E-state index is 9.16. The average molecular weight is 206 g/mol. The molecule has 0 radical (unpaired) electrons. The molecule has 2 N–H and O–H groups in total. The van der Waals surface area contributed by atoms with Crippen molar-refractivity contribution < 1.29 is 19.7 Å². The van der Waals surface area contributed by atoms with Crippen LogP contribution in [0.25, 0.3) is 0 Å². The van der Waals surface area contributed by atoms with E-state index in [4.69, 9.17) is 19.7 Å². The third kappa shape index (κ3) is 9.92. The van der Waals surface area contributed by atoms with Crippen molar-refractivity contribution >= 4 is 0 Å². The quantitative estimate of drug-likeness (QED) is 0.513. The Labute approximate surface area is 85.8 Å². The van der Waals surface area contributed by atoms with Gasteiger partial charge >= 0.3 is 0 Å². The molecular weight excluding hydrogens is 184 g/mol. The third-order valence-electron chi connectivity index (χ3n) is 1.79. The molecule has 0 aliphatic heterocycles. The van der Waals surface area contributed by atoms with Crippen molar-refractivity contribution in [1.82, 2.24) is 0 Å². The van der Waals surface area contributed by atoms with E-state index in [0.29, 0.717) is 19.6 Å². The second kappa shape index (κ2) is 10.9. The SMILES string of the molecule is CCCCOCCOCC(O)CCO. The maximum absolute atomic E-state index is 9.16. The highest BCUT2D eigenvalue weighted by atomic mass is 16.5. The van der Waals surface area contributed by atoms with Crippen molar-refractivity contribution in [2.24, 2.45) is 0 Å². The summed E-state index contributed by atoms with van der Waals surface area (Å²) in [6, 6.07) is 0. The first-order valence-corrected chi connectivity index (χ1v) is 5.25. The number of aliphatic hydroxyl groups excluding tert-OH is 2. The molecule has 0 aromatic carbocycles. The van der Waals surface area contributed by atoms with Crippen molar-refractivity contribution in [3.8, 4) is 0 Å². The van der Waals surface area contributed by atoms with Gasteiger partial charge in [0.25, 0.3) is 0 Å². The minimum Gasteiger partial charge on any atom is -0.396 e. The van der Waals surface area contributed by atoms with E-state index >= 15 is 0 Å². The molecule has 0 saturated heterocycles. The molecule has 4 heteroatoms. The van der Waals surface area contributed by atoms with Crippen molar-refractivity contribution in [1.29, 1.82) is 0 Å². The number of hydrogen-bond donors (Lipinski definition) is 2. The molecule has 0 fully saturated rings. The van der Waals surface area contributed by atoms with E-state index in [9.17, 15) is 0 Å². The summed E-state index contributed by atoms with van der Waals surface area (Å²) < 4.78 is 10.4. The van der Waals surface area contributed by atoms with Crippen LogP contribution in [-0.2, 0) is 9.47 Å². The lowest BCUT2D eigenvalue weighted by Crippen LogP contribution is -2.18. The van der Waals surface area contributed by atoms with Gasteiger partial charge in [0.05, 0.1) is 25.9 Å². The van der Waals surface area contributed by atoms with Crippen LogP contribution in [0, 0.1) is 0 Å². The lowest BCUT2D eigenvalue weighted by molar-refractivity contribution is -0.00349. The van der Waals surface area contributed by atoms with Crippen LogP contribution >= 0.6 is 0 Å². The van der Waals surface area contributed by atoms with Crippen molar-refractivity contribution in [3.05, 3.63) is 0 Å². The van der Waals surface area contributed by atoms with Crippen LogP contribution in [0.5, 0.6) is 0 Å². The van der Waals surface area contributed by atoms with Crippen LogP contribution < -0.4 is 0 Å². The van der Waals surface area contributed by atoms with Gasteiger partial charge < -0.3 is 19.7 Å². The fraction of sp³-hybridized carbons (Fsp3) is 1.00. The Bertz CT molecular complexity index is 108. The number of aliphatic hydroxyl groups is 2. The third-order valence-corrected chi connectivity index (χ3v) is 1.79. The summed E-state index contributed by atoms with van der Waals surface area (Å²) in [6.07, 6.45) is 2.02. The van der Waals surface area contributed by atoms with Gasteiger partial charge in [-0.25, -0.2) is 0 Å². The molecule has 0 spiro atoms. The fourth-order valence-corrected chi connectivity index (χ4v) is 0.918. The molecule has 0 heterocycles. The van der Waals surface area contributed by atoms with Gasteiger partial charge in [0.1, 0.15) is 0 Å². The molecule has 0 aromatic rings. The van der Waals surface area contributed by atoms with Crippen LogP contribution in [0.3, 0.4) is 0 Å². The van der Waals surface area contributed by atoms with E-state index in [1.54, 1.807) is 0 Å². The van der Waals surface area contributed by atoms with Crippen LogP contribution in [0.15, 0.2) is 0 Å². The topological polar surface area (TPSA) is 58.9 Å². The number of rotatable bonds is 10. The summed E-state index contributed by atoms with van der Waals surface area (Å²) in [5.41, 5.74) is 0. The molecular formula is C10H22O4. The Morgan fingerprint density at radius 1 is 1.14 bits per heavy atom. The summed E-state index contributed by atoms with van der Waals surface area (Å²) in [7, 11) is 0. The monoisotopic (exact) mass is 206 g/mol. The Morgan fingerprint density at radius 3 is 2.50 bits per heavy atom. The lowest BCUT2D eigenvalue weighted by atomic mass is 10.3. The second-order valence-corrected chi connectivity index (χ2v) is 3.21. The summed E-state index contributed by atoms with van der Waals surface area (Å²) in [6.45, 7) is 4.25. The van der Waals surface area contributed by atoms with Gasteiger partial charge in [-0.1, -0.05) is 13.3 Å². The zero-order chi connectivity index (χ0) is 10.6. The molecule has 1 unspecified atom stereocenters. The molecule has 0 aliphatic rings. The Kier molecular flexibility index (Phi) is 10.8. The highest BCUT2D eigenvalue weighted by Gasteiger charge is 2.02. The number of unbranched alkanes of at least 4 members (excludes halogenated alkanes) is 1. The van der Waals surface area contributed by atoms with Gasteiger partial charge in [0.15, 0.2) is 0 Å². The van der Waals surface area contributed by atoms with Crippen molar-refractivity contribution in [2.75, 3.05) is 33.0 Å². The van der Waals surface area contributed by atoms with Crippen LogP contribution in [0.4, 0.5) is 0 Å². The van der Waals surface area contributed by atoms with E-state index in [1.807, 2.05) is 0 Å². The predicted octanol–water partition coefficient (Wildman–Crippen LogP) is 0.563. The molecule has 0 aliphatic carbocycles. The number of hydrogen-bond acceptors (Lipinski definition) is 4. The van der Waals surface area contributed by atoms with Crippen LogP contribution in [-0.4, -0.2) is 49.4 Å². The molecule has 14 heavy (non-hydrogen) atoms. The van der Waals surface area contributed by atoms with E-state index in [1.165, 1.54) is 0 Å². The van der Waals surface area contributed by atoms with Crippen molar-refractivity contribution in [2.45, 2.75) is 32.3 Å². The molecule has 4 nitrogen and oxygen atoms in total. The fourth-order valence-electron chi connectivity index (χ4n) is 0.918. The van der Waals surface area contributed by atoms with Crippen LogP contribution in [0.1, 0.15) is 26.2 Å². The number of ether oxygens (including phenoxy) is 2.